The van der Waals surface area contributed by atoms with Gasteiger partial charge < -0.3 is 10.6 Å². The number of amides is 2. The van der Waals surface area contributed by atoms with E-state index in [2.05, 4.69) is 26.6 Å². The molecule has 2 rings (SSSR count). The van der Waals surface area contributed by atoms with Gasteiger partial charge in [-0.2, -0.15) is 0 Å². The van der Waals surface area contributed by atoms with E-state index in [-0.39, 0.29) is 41.7 Å². The number of rotatable bonds is 11. The topological polar surface area (TPSA) is 92.3 Å². The first-order chi connectivity index (χ1) is 14.4. The molecule has 0 aliphatic carbocycles. The van der Waals surface area contributed by atoms with Gasteiger partial charge in [0, 0.05) is 17.0 Å². The Labute approximate surface area is 184 Å². The Kier molecular flexibility index (Phi) is 9.41. The third kappa shape index (κ3) is 7.22. The molecule has 0 aliphatic rings. The van der Waals surface area contributed by atoms with Crippen LogP contribution in [0.2, 0.25) is 0 Å². The van der Waals surface area contributed by atoms with Gasteiger partial charge in [-0.25, -0.2) is 0 Å². The smallest absolute Gasteiger partial charge is 0.242 e. The van der Waals surface area contributed by atoms with Crippen molar-refractivity contribution in [3.05, 3.63) is 71.8 Å². The molecular weight excluding hydrogens is 448 g/mol. The average molecular weight is 473 g/mol. The Morgan fingerprint density at radius 2 is 1.43 bits per heavy atom. The monoisotopic (exact) mass is 472 g/mol. The van der Waals surface area contributed by atoms with Gasteiger partial charge in [0.1, 0.15) is 6.04 Å². The summed E-state index contributed by atoms with van der Waals surface area (Å²) in [5.74, 6) is -1.34. The van der Waals surface area contributed by atoms with E-state index < -0.39 is 11.9 Å². The molecule has 7 heteroatoms. The maximum atomic E-state index is 12.6. The summed E-state index contributed by atoms with van der Waals surface area (Å²) in [6.07, 6.45) is 0.699. The van der Waals surface area contributed by atoms with E-state index in [4.69, 9.17) is 0 Å². The summed E-state index contributed by atoms with van der Waals surface area (Å²) in [6.45, 7) is 1.64. The number of Topliss-reactive ketones (excluding diaryl/α,β-unsaturated/α-hetero) is 2. The Morgan fingerprint density at radius 1 is 0.867 bits per heavy atom. The van der Waals surface area contributed by atoms with E-state index in [1.54, 1.807) is 61.5 Å². The third-order valence-electron chi connectivity index (χ3n) is 4.69. The standard InChI is InChI=1S/C23H25BrN2O4/c1-16(22(29)18-10-6-3-7-11-18)12-13-19(26-21(28)14-24)23(30)25-15-20(27)17-8-4-2-5-9-17/h2-11,16,19H,12-15H2,1H3,(H,25,30)(H,26,28). The fourth-order valence-corrected chi connectivity index (χ4v) is 3.11. The molecule has 2 aromatic carbocycles. The van der Waals surface area contributed by atoms with Crippen molar-refractivity contribution in [3.63, 3.8) is 0 Å². The molecule has 2 atom stereocenters. The second-order valence-corrected chi connectivity index (χ2v) is 7.53. The number of carbonyl (C=O) groups excluding carboxylic acids is 4. The number of hydrogen-bond acceptors (Lipinski definition) is 4. The quantitative estimate of drug-likeness (QED) is 0.388. The van der Waals surface area contributed by atoms with Crippen molar-refractivity contribution in [3.8, 4) is 0 Å². The molecule has 0 saturated carbocycles. The van der Waals surface area contributed by atoms with Crippen LogP contribution in [-0.4, -0.2) is 41.3 Å². The van der Waals surface area contributed by atoms with Gasteiger partial charge in [0.15, 0.2) is 11.6 Å². The summed E-state index contributed by atoms with van der Waals surface area (Å²) < 4.78 is 0. The maximum Gasteiger partial charge on any atom is 0.242 e. The van der Waals surface area contributed by atoms with Crippen LogP contribution in [0.25, 0.3) is 0 Å². The number of alkyl halides is 1. The summed E-state index contributed by atoms with van der Waals surface area (Å²) in [5.41, 5.74) is 1.12. The molecule has 2 aromatic rings. The van der Waals surface area contributed by atoms with Crippen LogP contribution in [-0.2, 0) is 9.59 Å². The average Bonchev–Trinajstić information content (AvgIpc) is 2.80. The molecule has 0 saturated heterocycles. The second-order valence-electron chi connectivity index (χ2n) is 6.97. The van der Waals surface area contributed by atoms with Crippen molar-refractivity contribution in [2.45, 2.75) is 25.8 Å². The van der Waals surface area contributed by atoms with Crippen molar-refractivity contribution in [1.82, 2.24) is 10.6 Å². The van der Waals surface area contributed by atoms with E-state index in [0.29, 0.717) is 17.5 Å². The van der Waals surface area contributed by atoms with Gasteiger partial charge in [0.25, 0.3) is 0 Å². The van der Waals surface area contributed by atoms with E-state index in [1.165, 1.54) is 0 Å². The predicted octanol–water partition coefficient (Wildman–Crippen LogP) is 3.16. The van der Waals surface area contributed by atoms with Gasteiger partial charge in [0.05, 0.1) is 11.9 Å². The number of benzene rings is 2. The summed E-state index contributed by atoms with van der Waals surface area (Å²) in [4.78, 5) is 49.2. The lowest BCUT2D eigenvalue weighted by molar-refractivity contribution is -0.127. The molecule has 30 heavy (non-hydrogen) atoms. The van der Waals surface area contributed by atoms with E-state index in [9.17, 15) is 19.2 Å². The molecule has 0 heterocycles. The minimum Gasteiger partial charge on any atom is -0.347 e. The zero-order valence-electron chi connectivity index (χ0n) is 16.8. The van der Waals surface area contributed by atoms with E-state index in [0.717, 1.165) is 0 Å². The SMILES string of the molecule is CC(CCC(NC(=O)CBr)C(=O)NCC(=O)c1ccccc1)C(=O)c1ccccc1. The van der Waals surface area contributed by atoms with Gasteiger partial charge in [-0.15, -0.1) is 0 Å². The molecule has 0 bridgehead atoms. The van der Waals surface area contributed by atoms with Crippen LogP contribution in [0, 0.1) is 5.92 Å². The van der Waals surface area contributed by atoms with Gasteiger partial charge in [-0.3, -0.25) is 19.2 Å². The first-order valence-electron chi connectivity index (χ1n) is 9.73. The Bertz CT molecular complexity index is 871. The largest absolute Gasteiger partial charge is 0.347 e. The van der Waals surface area contributed by atoms with Crippen molar-refractivity contribution in [2.24, 2.45) is 5.92 Å². The van der Waals surface area contributed by atoms with Crippen LogP contribution >= 0.6 is 15.9 Å². The lowest BCUT2D eigenvalue weighted by Crippen LogP contribution is -2.48. The van der Waals surface area contributed by atoms with Gasteiger partial charge in [-0.1, -0.05) is 83.5 Å². The molecule has 0 radical (unpaired) electrons. The van der Waals surface area contributed by atoms with E-state index in [1.807, 2.05) is 6.07 Å². The van der Waals surface area contributed by atoms with Gasteiger partial charge in [0.2, 0.25) is 11.8 Å². The van der Waals surface area contributed by atoms with E-state index >= 15 is 0 Å². The summed E-state index contributed by atoms with van der Waals surface area (Å²) >= 11 is 3.07. The predicted molar refractivity (Wildman–Crippen MR) is 119 cm³/mol. The molecule has 2 N–H and O–H groups in total. The first kappa shape index (κ1) is 23.5. The van der Waals surface area contributed by atoms with Crippen LogP contribution in [0.15, 0.2) is 60.7 Å². The maximum absolute atomic E-state index is 12.6. The molecule has 0 aromatic heterocycles. The number of hydrogen-bond donors (Lipinski definition) is 2. The highest BCUT2D eigenvalue weighted by Gasteiger charge is 2.24. The van der Waals surface area contributed by atoms with Gasteiger partial charge >= 0.3 is 0 Å². The zero-order valence-corrected chi connectivity index (χ0v) is 18.4. The molecule has 158 valence electrons. The van der Waals surface area contributed by atoms with Crippen molar-refractivity contribution >= 4 is 39.3 Å². The fourth-order valence-electron chi connectivity index (χ4n) is 2.95. The highest BCUT2D eigenvalue weighted by atomic mass is 79.9. The lowest BCUT2D eigenvalue weighted by Gasteiger charge is -2.19. The number of carbonyl (C=O) groups is 4. The summed E-state index contributed by atoms with van der Waals surface area (Å²) in [5, 5.41) is 5.29. The Balaban J connectivity index is 1.95. The summed E-state index contributed by atoms with van der Waals surface area (Å²) in [6, 6.07) is 16.8. The normalized spacial score (nSPS) is 12.5. The van der Waals surface area contributed by atoms with Crippen LogP contribution in [0.4, 0.5) is 0 Å². The molecular formula is C23H25BrN2O4. The second kappa shape index (κ2) is 12.0. The van der Waals surface area contributed by atoms with Crippen molar-refractivity contribution < 1.29 is 19.2 Å². The number of halogens is 1. The third-order valence-corrected chi connectivity index (χ3v) is 5.20. The summed E-state index contributed by atoms with van der Waals surface area (Å²) in [7, 11) is 0. The fraction of sp³-hybridized carbons (Fsp3) is 0.304. The molecule has 2 amide bonds. The zero-order chi connectivity index (χ0) is 21.9. The molecule has 2 unspecified atom stereocenters. The Morgan fingerprint density at radius 3 is 2.00 bits per heavy atom. The highest BCUT2D eigenvalue weighted by molar-refractivity contribution is 9.09. The van der Waals surface area contributed by atoms with Crippen LogP contribution < -0.4 is 10.6 Å². The number of nitrogens with one attached hydrogen (secondary N) is 2. The molecule has 6 nitrogen and oxygen atoms in total. The lowest BCUT2D eigenvalue weighted by atomic mass is 9.93. The minimum absolute atomic E-state index is 0.0131. The van der Waals surface area contributed by atoms with Crippen LogP contribution in [0.1, 0.15) is 40.5 Å². The van der Waals surface area contributed by atoms with Crippen LogP contribution in [0.5, 0.6) is 0 Å². The Hall–Kier alpha value is -2.80. The molecule has 0 fully saturated rings. The van der Waals surface area contributed by atoms with Crippen LogP contribution in [0.3, 0.4) is 0 Å². The van der Waals surface area contributed by atoms with Crippen molar-refractivity contribution in [2.75, 3.05) is 11.9 Å². The first-order valence-corrected chi connectivity index (χ1v) is 10.8. The minimum atomic E-state index is -0.829. The molecule has 0 spiro atoms. The number of ketones is 2. The molecule has 0 aliphatic heterocycles. The van der Waals surface area contributed by atoms with Crippen molar-refractivity contribution in [1.29, 1.82) is 0 Å². The highest BCUT2D eigenvalue weighted by Crippen LogP contribution is 2.15. The van der Waals surface area contributed by atoms with Gasteiger partial charge in [-0.05, 0) is 12.8 Å².